The number of aryl methyl sites for hydroxylation is 1. The van der Waals surface area contributed by atoms with Crippen LogP contribution in [0.1, 0.15) is 41.4 Å². The Labute approximate surface area is 131 Å². The molecule has 0 bridgehead atoms. The summed E-state index contributed by atoms with van der Waals surface area (Å²) in [5.41, 5.74) is -0.00384. The van der Waals surface area contributed by atoms with Crippen molar-refractivity contribution in [2.24, 2.45) is 0 Å². The van der Waals surface area contributed by atoms with Crippen molar-refractivity contribution in [1.29, 1.82) is 0 Å². The van der Waals surface area contributed by atoms with Gasteiger partial charge in [0.2, 0.25) is 0 Å². The Bertz CT molecular complexity index is 678. The molecule has 0 aliphatic rings. The summed E-state index contributed by atoms with van der Waals surface area (Å²) >= 11 is 0. The van der Waals surface area contributed by atoms with E-state index in [-0.39, 0.29) is 5.82 Å². The minimum atomic E-state index is -4.45. The minimum absolute atomic E-state index is 0.200. The lowest BCUT2D eigenvalue weighted by atomic mass is 10.1. The molecule has 0 amide bonds. The molecule has 124 valence electrons. The van der Waals surface area contributed by atoms with E-state index in [4.69, 9.17) is 4.74 Å². The molecule has 5 nitrogen and oxygen atoms in total. The molecule has 2 rings (SSSR count). The molecule has 0 aromatic carbocycles. The minimum Gasteiger partial charge on any atom is -0.465 e. The Morgan fingerprint density at radius 2 is 2.09 bits per heavy atom. The van der Waals surface area contributed by atoms with E-state index in [2.05, 4.69) is 10.1 Å². The monoisotopic (exact) mass is 327 g/mol. The quantitative estimate of drug-likeness (QED) is 0.790. The Balaban J connectivity index is 2.35. The average Bonchev–Trinajstić information content (AvgIpc) is 2.95. The average molecular weight is 327 g/mol. The molecule has 8 heteroatoms. The van der Waals surface area contributed by atoms with Crippen molar-refractivity contribution in [3.8, 4) is 5.82 Å². The molecule has 23 heavy (non-hydrogen) atoms. The van der Waals surface area contributed by atoms with Crippen molar-refractivity contribution in [2.45, 2.75) is 32.4 Å². The van der Waals surface area contributed by atoms with Crippen LogP contribution < -0.4 is 0 Å². The van der Waals surface area contributed by atoms with Crippen LogP contribution in [0.4, 0.5) is 13.2 Å². The normalized spacial score (nSPS) is 11.5. The lowest BCUT2D eigenvalue weighted by Gasteiger charge is -2.06. The standard InChI is InChI=1S/C15H16F3N3O2/c1-3-4-5-12-11(14(22)23-2)9-21(20-12)13-7-6-10(8-19-13)15(16,17)18/h6-9H,3-5H2,1-2H3. The fourth-order valence-electron chi connectivity index (χ4n) is 2.03. The van der Waals surface area contributed by atoms with Gasteiger partial charge in [0.1, 0.15) is 5.56 Å². The smallest absolute Gasteiger partial charge is 0.417 e. The van der Waals surface area contributed by atoms with E-state index in [9.17, 15) is 18.0 Å². The fraction of sp³-hybridized carbons (Fsp3) is 0.400. The van der Waals surface area contributed by atoms with Gasteiger partial charge in [-0.15, -0.1) is 0 Å². The number of rotatable bonds is 5. The van der Waals surface area contributed by atoms with E-state index >= 15 is 0 Å². The molecule has 2 heterocycles. The zero-order valence-electron chi connectivity index (χ0n) is 12.7. The topological polar surface area (TPSA) is 57.0 Å². The summed E-state index contributed by atoms with van der Waals surface area (Å²) in [5, 5.41) is 4.25. The van der Waals surface area contributed by atoms with E-state index in [0.29, 0.717) is 17.7 Å². The first-order valence-electron chi connectivity index (χ1n) is 7.07. The first-order chi connectivity index (χ1) is 10.9. The number of alkyl halides is 3. The van der Waals surface area contributed by atoms with Gasteiger partial charge in [-0.1, -0.05) is 13.3 Å². The van der Waals surface area contributed by atoms with Gasteiger partial charge in [0, 0.05) is 12.4 Å². The highest BCUT2D eigenvalue weighted by molar-refractivity contribution is 5.90. The summed E-state index contributed by atoms with van der Waals surface area (Å²) in [6.45, 7) is 2.01. The molecule has 0 aliphatic heterocycles. The van der Waals surface area contributed by atoms with Crippen molar-refractivity contribution in [3.05, 3.63) is 41.3 Å². The summed E-state index contributed by atoms with van der Waals surface area (Å²) in [6.07, 6.45) is 0.0497. The van der Waals surface area contributed by atoms with Gasteiger partial charge in [0.25, 0.3) is 0 Å². The molecule has 2 aromatic rings. The molecule has 0 N–H and O–H groups in total. The van der Waals surface area contributed by atoms with Crippen molar-refractivity contribution < 1.29 is 22.7 Å². The largest absolute Gasteiger partial charge is 0.465 e. The van der Waals surface area contributed by atoms with Crippen LogP contribution in [0.5, 0.6) is 0 Å². The number of carbonyl (C=O) groups excluding carboxylic acids is 1. The van der Waals surface area contributed by atoms with Crippen LogP contribution in [0.3, 0.4) is 0 Å². The van der Waals surface area contributed by atoms with Gasteiger partial charge in [0.15, 0.2) is 5.82 Å². The molecule has 0 spiro atoms. The summed E-state index contributed by atoms with van der Waals surface area (Å²) in [5.74, 6) is -0.333. The van der Waals surface area contributed by atoms with Crippen molar-refractivity contribution >= 4 is 5.97 Å². The first kappa shape index (κ1) is 17.0. The van der Waals surface area contributed by atoms with Crippen molar-refractivity contribution in [2.75, 3.05) is 7.11 Å². The number of methoxy groups -OCH3 is 1. The summed E-state index contributed by atoms with van der Waals surface area (Å²) in [7, 11) is 1.26. The third-order valence-electron chi connectivity index (χ3n) is 3.27. The van der Waals surface area contributed by atoms with E-state index in [0.717, 1.165) is 25.1 Å². The number of hydrogen-bond acceptors (Lipinski definition) is 4. The van der Waals surface area contributed by atoms with Gasteiger partial charge in [-0.2, -0.15) is 18.3 Å². The fourth-order valence-corrected chi connectivity index (χ4v) is 2.03. The first-order valence-corrected chi connectivity index (χ1v) is 7.07. The van der Waals surface area contributed by atoms with Crippen LogP contribution in [0, 0.1) is 0 Å². The highest BCUT2D eigenvalue weighted by atomic mass is 19.4. The molecular formula is C15H16F3N3O2. The molecule has 0 unspecified atom stereocenters. The summed E-state index contributed by atoms with van der Waals surface area (Å²) in [4.78, 5) is 15.5. The number of ether oxygens (including phenoxy) is 1. The summed E-state index contributed by atoms with van der Waals surface area (Å²) < 4.78 is 43.7. The lowest BCUT2D eigenvalue weighted by Crippen LogP contribution is -2.07. The SMILES string of the molecule is CCCCc1nn(-c2ccc(C(F)(F)F)cn2)cc1C(=O)OC. The van der Waals surface area contributed by atoms with E-state index in [1.165, 1.54) is 24.1 Å². The third-order valence-corrected chi connectivity index (χ3v) is 3.27. The maximum Gasteiger partial charge on any atom is 0.417 e. The van der Waals surface area contributed by atoms with Gasteiger partial charge in [-0.05, 0) is 25.0 Å². The van der Waals surface area contributed by atoms with Crippen LogP contribution in [-0.4, -0.2) is 27.8 Å². The molecule has 0 fully saturated rings. The lowest BCUT2D eigenvalue weighted by molar-refractivity contribution is -0.137. The maximum absolute atomic E-state index is 12.6. The van der Waals surface area contributed by atoms with Gasteiger partial charge < -0.3 is 4.74 Å². The van der Waals surface area contributed by atoms with Gasteiger partial charge in [-0.3, -0.25) is 0 Å². The van der Waals surface area contributed by atoms with E-state index in [1.54, 1.807) is 0 Å². The molecule has 0 radical (unpaired) electrons. The number of hydrogen-bond donors (Lipinski definition) is 0. The number of pyridine rings is 1. The number of unbranched alkanes of at least 4 members (excludes halogenated alkanes) is 1. The number of halogens is 3. The van der Waals surface area contributed by atoms with Crippen LogP contribution in [0.25, 0.3) is 5.82 Å². The third kappa shape index (κ3) is 3.88. The molecule has 2 aromatic heterocycles. The van der Waals surface area contributed by atoms with Crippen LogP contribution in [0.2, 0.25) is 0 Å². The molecular weight excluding hydrogens is 311 g/mol. The molecule has 0 aliphatic carbocycles. The molecule has 0 saturated carbocycles. The molecule has 0 saturated heterocycles. The zero-order chi connectivity index (χ0) is 17.0. The van der Waals surface area contributed by atoms with Gasteiger partial charge in [-0.25, -0.2) is 14.5 Å². The molecule has 0 atom stereocenters. The van der Waals surface area contributed by atoms with Gasteiger partial charge in [0.05, 0.1) is 18.4 Å². The van der Waals surface area contributed by atoms with Crippen molar-refractivity contribution in [3.63, 3.8) is 0 Å². The van der Waals surface area contributed by atoms with Crippen LogP contribution in [-0.2, 0) is 17.3 Å². The van der Waals surface area contributed by atoms with Crippen molar-refractivity contribution in [1.82, 2.24) is 14.8 Å². The maximum atomic E-state index is 12.6. The highest BCUT2D eigenvalue weighted by Gasteiger charge is 2.30. The predicted molar refractivity (Wildman–Crippen MR) is 76.3 cm³/mol. The second-order valence-corrected chi connectivity index (χ2v) is 4.93. The second kappa shape index (κ2) is 6.80. The van der Waals surface area contributed by atoms with Crippen LogP contribution in [0.15, 0.2) is 24.5 Å². The van der Waals surface area contributed by atoms with Gasteiger partial charge >= 0.3 is 12.1 Å². The second-order valence-electron chi connectivity index (χ2n) is 4.93. The Morgan fingerprint density at radius 1 is 1.35 bits per heavy atom. The summed E-state index contributed by atoms with van der Waals surface area (Å²) in [6, 6.07) is 2.13. The number of aromatic nitrogens is 3. The zero-order valence-corrected chi connectivity index (χ0v) is 12.7. The Morgan fingerprint density at radius 3 is 2.61 bits per heavy atom. The predicted octanol–water partition coefficient (Wildman–Crippen LogP) is 3.42. The highest BCUT2D eigenvalue weighted by Crippen LogP contribution is 2.28. The van der Waals surface area contributed by atoms with Crippen LogP contribution >= 0.6 is 0 Å². The Hall–Kier alpha value is -2.38. The number of esters is 1. The number of nitrogens with zero attached hydrogens (tertiary/aromatic N) is 3. The van der Waals surface area contributed by atoms with E-state index in [1.807, 2.05) is 6.92 Å². The number of carbonyl (C=O) groups is 1. The van der Waals surface area contributed by atoms with E-state index < -0.39 is 17.7 Å². The Kier molecular flexibility index (Phi) is 5.02.